The molecule has 4 nitrogen and oxygen atoms in total. The van der Waals surface area contributed by atoms with E-state index in [1.807, 2.05) is 0 Å². The zero-order valence-electron chi connectivity index (χ0n) is 11.9. The maximum absolute atomic E-state index is 6.01. The molecule has 3 rings (SSSR count). The van der Waals surface area contributed by atoms with Crippen molar-refractivity contribution < 1.29 is 0 Å². The Morgan fingerprint density at radius 3 is 2.95 bits per heavy atom. The number of imidazole rings is 1. The largest absolute Gasteiger partial charge is 0.355 e. The minimum absolute atomic E-state index is 0.161. The molecule has 2 N–H and O–H groups in total. The average Bonchev–Trinajstić information content (AvgIpc) is 2.94. The van der Waals surface area contributed by atoms with Gasteiger partial charge in [0, 0.05) is 37.1 Å². The molecule has 1 fully saturated rings. The van der Waals surface area contributed by atoms with E-state index >= 15 is 0 Å². The maximum atomic E-state index is 6.01. The van der Waals surface area contributed by atoms with Crippen LogP contribution in [-0.2, 0) is 6.42 Å². The van der Waals surface area contributed by atoms with Crippen LogP contribution in [0.1, 0.15) is 32.9 Å². The van der Waals surface area contributed by atoms with Gasteiger partial charge in [0.1, 0.15) is 0 Å². The van der Waals surface area contributed by atoms with Gasteiger partial charge in [-0.1, -0.05) is 13.8 Å². The number of hydrogen-bond acceptors (Lipinski definition) is 4. The van der Waals surface area contributed by atoms with Crippen molar-refractivity contribution in [3.8, 4) is 0 Å². The lowest BCUT2D eigenvalue weighted by Crippen LogP contribution is -2.26. The van der Waals surface area contributed by atoms with E-state index in [0.717, 1.165) is 30.3 Å². The number of hydrogen-bond donors (Lipinski definition) is 1. The van der Waals surface area contributed by atoms with E-state index in [4.69, 9.17) is 10.7 Å². The fourth-order valence-electron chi connectivity index (χ4n) is 2.86. The fraction of sp³-hybridized carbons (Fsp3) is 0.643. The lowest BCUT2D eigenvalue weighted by molar-refractivity contribution is 0.418. The Bertz CT molecular complexity index is 581. The number of fused-ring (bicyclic) bond motifs is 1. The smallest absolute Gasteiger partial charge is 0.195 e. The second kappa shape index (κ2) is 4.49. The van der Waals surface area contributed by atoms with Crippen molar-refractivity contribution in [2.75, 3.05) is 18.0 Å². The van der Waals surface area contributed by atoms with E-state index in [-0.39, 0.29) is 6.04 Å². The normalized spacial score (nSPS) is 20.3. The van der Waals surface area contributed by atoms with Crippen LogP contribution in [0, 0.1) is 5.41 Å². The van der Waals surface area contributed by atoms with Crippen LogP contribution in [0.25, 0.3) is 4.96 Å². The molecular weight excluding hydrogens is 256 g/mol. The van der Waals surface area contributed by atoms with Crippen LogP contribution < -0.4 is 10.6 Å². The summed E-state index contributed by atoms with van der Waals surface area (Å²) in [4.78, 5) is 8.33. The van der Waals surface area contributed by atoms with Crippen LogP contribution in [0.15, 0.2) is 11.6 Å². The predicted molar refractivity (Wildman–Crippen MR) is 81.0 cm³/mol. The van der Waals surface area contributed by atoms with Gasteiger partial charge in [0.2, 0.25) is 0 Å². The molecule has 1 aliphatic heterocycles. The first-order chi connectivity index (χ1) is 8.96. The molecule has 1 atom stereocenters. The number of aromatic nitrogens is 2. The van der Waals surface area contributed by atoms with Crippen LogP contribution in [-0.4, -0.2) is 28.5 Å². The first kappa shape index (κ1) is 12.9. The predicted octanol–water partition coefficient (Wildman–Crippen LogP) is 2.52. The summed E-state index contributed by atoms with van der Waals surface area (Å²) in [6.07, 6.45) is 4.22. The Morgan fingerprint density at radius 1 is 1.53 bits per heavy atom. The highest BCUT2D eigenvalue weighted by Crippen LogP contribution is 2.35. The summed E-state index contributed by atoms with van der Waals surface area (Å²) in [6, 6.07) is 0.161. The molecule has 0 saturated carbocycles. The summed E-state index contributed by atoms with van der Waals surface area (Å²) in [5.74, 6) is 1.15. The van der Waals surface area contributed by atoms with E-state index in [1.54, 1.807) is 11.3 Å². The van der Waals surface area contributed by atoms with E-state index in [1.165, 1.54) is 12.1 Å². The number of nitrogens with zero attached hydrogens (tertiary/aromatic N) is 3. The van der Waals surface area contributed by atoms with Gasteiger partial charge in [-0.15, -0.1) is 11.3 Å². The monoisotopic (exact) mass is 278 g/mol. The van der Waals surface area contributed by atoms with Crippen LogP contribution in [0.2, 0.25) is 0 Å². The quantitative estimate of drug-likeness (QED) is 0.938. The van der Waals surface area contributed by atoms with Crippen molar-refractivity contribution in [3.05, 3.63) is 17.3 Å². The Hall–Kier alpha value is -1.07. The van der Waals surface area contributed by atoms with Gasteiger partial charge in [-0.25, -0.2) is 4.98 Å². The van der Waals surface area contributed by atoms with E-state index in [9.17, 15) is 0 Å². The zero-order valence-corrected chi connectivity index (χ0v) is 12.7. The molecule has 0 bridgehead atoms. The Kier molecular flexibility index (Phi) is 3.06. The van der Waals surface area contributed by atoms with Gasteiger partial charge in [-0.2, -0.15) is 0 Å². The van der Waals surface area contributed by atoms with Gasteiger partial charge in [0.25, 0.3) is 0 Å². The molecule has 104 valence electrons. The highest BCUT2D eigenvalue weighted by molar-refractivity contribution is 7.15. The molecule has 5 heteroatoms. The zero-order chi connectivity index (χ0) is 13.6. The molecule has 1 aliphatic rings. The number of anilines is 1. The van der Waals surface area contributed by atoms with Crippen molar-refractivity contribution in [2.24, 2.45) is 11.1 Å². The molecule has 2 aromatic heterocycles. The molecule has 0 radical (unpaired) electrons. The molecule has 3 heterocycles. The van der Waals surface area contributed by atoms with Crippen molar-refractivity contribution in [1.82, 2.24) is 9.38 Å². The number of nitrogens with two attached hydrogens (primary N) is 1. The standard InChI is InChI=1S/C14H22N4S/c1-10(15)8-11-12(16-13-18(11)6-7-19-13)17-5-4-14(2,3)9-17/h6-7,10H,4-5,8-9,15H2,1-3H3. The van der Waals surface area contributed by atoms with Gasteiger partial charge in [0.15, 0.2) is 10.8 Å². The Morgan fingerprint density at radius 2 is 2.32 bits per heavy atom. The van der Waals surface area contributed by atoms with Crippen LogP contribution in [0.3, 0.4) is 0 Å². The fourth-order valence-corrected chi connectivity index (χ4v) is 3.59. The molecule has 0 aromatic carbocycles. The lowest BCUT2D eigenvalue weighted by Gasteiger charge is -2.21. The van der Waals surface area contributed by atoms with E-state index < -0.39 is 0 Å². The highest BCUT2D eigenvalue weighted by atomic mass is 32.1. The lowest BCUT2D eigenvalue weighted by atomic mass is 9.93. The third-order valence-electron chi connectivity index (χ3n) is 3.83. The SMILES string of the molecule is CC(N)Cc1c(N2CCC(C)(C)C2)nc2sccn12. The summed E-state index contributed by atoms with van der Waals surface area (Å²) >= 11 is 1.69. The van der Waals surface area contributed by atoms with Crippen molar-refractivity contribution in [3.63, 3.8) is 0 Å². The van der Waals surface area contributed by atoms with Gasteiger partial charge >= 0.3 is 0 Å². The summed E-state index contributed by atoms with van der Waals surface area (Å²) in [5, 5.41) is 2.09. The first-order valence-corrected chi connectivity index (χ1v) is 7.79. The highest BCUT2D eigenvalue weighted by Gasteiger charge is 2.32. The molecule has 1 saturated heterocycles. The van der Waals surface area contributed by atoms with Crippen molar-refractivity contribution >= 4 is 22.1 Å². The van der Waals surface area contributed by atoms with E-state index in [0.29, 0.717) is 5.41 Å². The van der Waals surface area contributed by atoms with Gasteiger partial charge < -0.3 is 10.6 Å². The summed E-state index contributed by atoms with van der Waals surface area (Å²) < 4.78 is 2.20. The van der Waals surface area contributed by atoms with Crippen LogP contribution in [0.5, 0.6) is 0 Å². The summed E-state index contributed by atoms with van der Waals surface area (Å²) in [6.45, 7) is 8.91. The molecule has 0 amide bonds. The third-order valence-corrected chi connectivity index (χ3v) is 4.59. The molecule has 19 heavy (non-hydrogen) atoms. The van der Waals surface area contributed by atoms with Gasteiger partial charge in [-0.05, 0) is 18.8 Å². The van der Waals surface area contributed by atoms with Crippen LogP contribution >= 0.6 is 11.3 Å². The third kappa shape index (κ3) is 2.37. The molecule has 0 aliphatic carbocycles. The van der Waals surface area contributed by atoms with Gasteiger partial charge in [0.05, 0.1) is 5.69 Å². The summed E-state index contributed by atoms with van der Waals surface area (Å²) in [5.41, 5.74) is 7.67. The second-order valence-electron chi connectivity index (χ2n) is 6.45. The molecule has 0 spiro atoms. The second-order valence-corrected chi connectivity index (χ2v) is 7.33. The van der Waals surface area contributed by atoms with Crippen LogP contribution in [0.4, 0.5) is 5.82 Å². The summed E-state index contributed by atoms with van der Waals surface area (Å²) in [7, 11) is 0. The maximum Gasteiger partial charge on any atom is 0.195 e. The Balaban J connectivity index is 2.00. The van der Waals surface area contributed by atoms with Crippen molar-refractivity contribution in [1.29, 1.82) is 0 Å². The topological polar surface area (TPSA) is 46.6 Å². The molecular formula is C14H22N4S. The number of thiazole rings is 1. The van der Waals surface area contributed by atoms with Crippen molar-refractivity contribution in [2.45, 2.75) is 39.7 Å². The van der Waals surface area contributed by atoms with Gasteiger partial charge in [-0.3, -0.25) is 4.40 Å². The minimum atomic E-state index is 0.161. The first-order valence-electron chi connectivity index (χ1n) is 6.91. The molecule has 2 aromatic rings. The van der Waals surface area contributed by atoms with E-state index in [2.05, 4.69) is 41.6 Å². The Labute approximate surface area is 118 Å². The number of rotatable bonds is 3. The molecule has 1 unspecified atom stereocenters. The minimum Gasteiger partial charge on any atom is -0.355 e. The average molecular weight is 278 g/mol.